The Hall–Kier alpha value is -3.75. The van der Waals surface area contributed by atoms with Crippen LogP contribution in [0.5, 0.6) is 0 Å². The Morgan fingerprint density at radius 3 is 2.88 bits per heavy atom. The number of aryl methyl sites for hydroxylation is 2. The molecule has 3 heterocycles. The fraction of sp³-hybridized carbons (Fsp3) is 0.360. The minimum absolute atomic E-state index is 0.0494. The van der Waals surface area contributed by atoms with Gasteiger partial charge >= 0.3 is 0 Å². The van der Waals surface area contributed by atoms with E-state index >= 15 is 0 Å². The van der Waals surface area contributed by atoms with Crippen LogP contribution >= 0.6 is 0 Å². The Kier molecular flexibility index (Phi) is 5.77. The number of amides is 1. The molecular formula is C25H27FN6O2. The molecule has 0 radical (unpaired) electrons. The van der Waals surface area contributed by atoms with E-state index in [0.717, 1.165) is 24.1 Å². The molecule has 2 aromatic heterocycles. The summed E-state index contributed by atoms with van der Waals surface area (Å²) < 4.78 is 19.2. The number of carbonyl (C=O) groups is 1. The van der Waals surface area contributed by atoms with Crippen LogP contribution < -0.4 is 5.32 Å². The van der Waals surface area contributed by atoms with Crippen LogP contribution in [0.15, 0.2) is 47.0 Å². The van der Waals surface area contributed by atoms with Crippen molar-refractivity contribution >= 4 is 23.0 Å². The van der Waals surface area contributed by atoms with E-state index in [-0.39, 0.29) is 23.7 Å². The number of anilines is 1. The highest BCUT2D eigenvalue weighted by Crippen LogP contribution is 2.28. The lowest BCUT2D eigenvalue weighted by Crippen LogP contribution is -2.51. The van der Waals surface area contributed by atoms with E-state index < -0.39 is 0 Å². The smallest absolute Gasteiger partial charge is 0.295 e. The molecular weight excluding hydrogens is 435 g/mol. The molecule has 4 aromatic rings. The predicted octanol–water partition coefficient (Wildman–Crippen LogP) is 4.52. The van der Waals surface area contributed by atoms with Crippen LogP contribution in [0.25, 0.3) is 16.8 Å². The molecule has 1 aliphatic heterocycles. The zero-order valence-corrected chi connectivity index (χ0v) is 19.5. The van der Waals surface area contributed by atoms with Crippen LogP contribution in [0.4, 0.5) is 10.4 Å². The van der Waals surface area contributed by atoms with E-state index in [1.807, 2.05) is 36.9 Å². The maximum Gasteiger partial charge on any atom is 0.295 e. The average molecular weight is 463 g/mol. The third kappa shape index (κ3) is 4.25. The molecule has 1 unspecified atom stereocenters. The molecule has 8 nitrogen and oxygen atoms in total. The Bertz CT molecular complexity index is 1350. The fourth-order valence-electron chi connectivity index (χ4n) is 4.59. The van der Waals surface area contributed by atoms with Crippen molar-refractivity contribution < 1.29 is 13.6 Å². The third-order valence-corrected chi connectivity index (χ3v) is 6.39. The number of benzene rings is 2. The van der Waals surface area contributed by atoms with Gasteiger partial charge in [-0.1, -0.05) is 18.6 Å². The summed E-state index contributed by atoms with van der Waals surface area (Å²) in [5.74, 6) is -0.127. The van der Waals surface area contributed by atoms with Crippen molar-refractivity contribution in [1.29, 1.82) is 0 Å². The number of rotatable bonds is 5. The van der Waals surface area contributed by atoms with Crippen molar-refractivity contribution in [2.45, 2.75) is 39.7 Å². The maximum absolute atomic E-state index is 13.8. The highest BCUT2D eigenvalue weighted by molar-refractivity contribution is 5.98. The van der Waals surface area contributed by atoms with Crippen LogP contribution in [0.2, 0.25) is 0 Å². The number of halogens is 1. The van der Waals surface area contributed by atoms with E-state index in [1.165, 1.54) is 16.9 Å². The van der Waals surface area contributed by atoms with Gasteiger partial charge in [-0.05, 0) is 56.9 Å². The van der Waals surface area contributed by atoms with Crippen LogP contribution in [0, 0.1) is 25.6 Å². The number of hydrogen-bond donors (Lipinski definition) is 1. The number of piperidine rings is 1. The van der Waals surface area contributed by atoms with Gasteiger partial charge in [-0.3, -0.25) is 4.79 Å². The first-order chi connectivity index (χ1) is 16.4. The van der Waals surface area contributed by atoms with Gasteiger partial charge in [-0.2, -0.15) is 20.0 Å². The summed E-state index contributed by atoms with van der Waals surface area (Å²) in [7, 11) is 0. The van der Waals surface area contributed by atoms with Crippen LogP contribution in [0.3, 0.4) is 0 Å². The quantitative estimate of drug-likeness (QED) is 0.469. The molecule has 0 bridgehead atoms. The van der Waals surface area contributed by atoms with Gasteiger partial charge in [-0.25, -0.2) is 4.39 Å². The number of nitrogens with one attached hydrogen (secondary N) is 1. The van der Waals surface area contributed by atoms with Crippen LogP contribution in [-0.2, 0) is 0 Å². The molecule has 2 atom stereocenters. The molecule has 1 aliphatic rings. The fourth-order valence-corrected chi connectivity index (χ4v) is 4.59. The van der Waals surface area contributed by atoms with Crippen molar-refractivity contribution in [3.05, 3.63) is 65.2 Å². The average Bonchev–Trinajstić information content (AvgIpc) is 3.43. The number of likely N-dealkylation sites (tertiary alicyclic amines) is 1. The van der Waals surface area contributed by atoms with Crippen molar-refractivity contribution in [1.82, 2.24) is 24.9 Å². The molecule has 1 amide bonds. The lowest BCUT2D eigenvalue weighted by Gasteiger charge is -2.40. The van der Waals surface area contributed by atoms with Crippen LogP contribution in [0.1, 0.15) is 41.4 Å². The van der Waals surface area contributed by atoms with E-state index in [1.54, 1.807) is 12.3 Å². The summed E-state index contributed by atoms with van der Waals surface area (Å²) >= 11 is 0. The summed E-state index contributed by atoms with van der Waals surface area (Å²) in [5, 5.41) is 12.0. The van der Waals surface area contributed by atoms with Gasteiger partial charge in [0.25, 0.3) is 11.9 Å². The molecule has 1 saturated heterocycles. The number of fused-ring (bicyclic) bond motifs is 1. The first-order valence-corrected chi connectivity index (χ1v) is 11.5. The van der Waals surface area contributed by atoms with Crippen molar-refractivity contribution in [2.75, 3.05) is 18.4 Å². The van der Waals surface area contributed by atoms with E-state index in [2.05, 4.69) is 27.4 Å². The molecule has 1 fully saturated rings. The zero-order valence-electron chi connectivity index (χ0n) is 19.5. The van der Waals surface area contributed by atoms with Crippen LogP contribution in [-0.4, -0.2) is 49.9 Å². The number of oxazole rings is 1. The second kappa shape index (κ2) is 8.89. The Balaban J connectivity index is 1.41. The molecule has 9 heteroatoms. The second-order valence-electron chi connectivity index (χ2n) is 8.99. The molecule has 2 aromatic carbocycles. The third-order valence-electron chi connectivity index (χ3n) is 6.39. The normalized spacial score (nSPS) is 18.4. The lowest BCUT2D eigenvalue weighted by molar-refractivity contribution is 0.0539. The predicted molar refractivity (Wildman–Crippen MR) is 127 cm³/mol. The second-order valence-corrected chi connectivity index (χ2v) is 8.99. The van der Waals surface area contributed by atoms with E-state index in [9.17, 15) is 9.18 Å². The first kappa shape index (κ1) is 22.1. The van der Waals surface area contributed by atoms with Crippen molar-refractivity contribution in [3.63, 3.8) is 0 Å². The van der Waals surface area contributed by atoms with Gasteiger partial charge in [-0.15, -0.1) is 0 Å². The van der Waals surface area contributed by atoms with Gasteiger partial charge in [0.1, 0.15) is 11.3 Å². The largest absolute Gasteiger partial charge is 0.424 e. The zero-order chi connectivity index (χ0) is 23.8. The topological polar surface area (TPSA) is 89.1 Å². The number of hydrogen-bond acceptors (Lipinski definition) is 6. The number of aromatic nitrogens is 4. The summed E-state index contributed by atoms with van der Waals surface area (Å²) in [4.78, 5) is 21.6. The summed E-state index contributed by atoms with van der Waals surface area (Å²) in [6.07, 6.45) is 3.64. The summed E-state index contributed by atoms with van der Waals surface area (Å²) in [6, 6.07) is 10.2. The molecule has 176 valence electrons. The standard InChI is InChI=1S/C25H27FN6O2/c1-15-6-8-21(32-28-13-17(3)30-32)19(11-15)24(33)31-10-4-5-16(2)22(31)14-27-25-29-20-12-18(26)7-9-23(20)34-25/h6-9,11-13,16,22H,4-5,10,14H2,1-3H3,(H,27,29)/t16-,22?/m1/s1. The molecule has 0 spiro atoms. The monoisotopic (exact) mass is 462 g/mol. The molecule has 1 N–H and O–H groups in total. The minimum Gasteiger partial charge on any atom is -0.424 e. The van der Waals surface area contributed by atoms with E-state index in [0.29, 0.717) is 41.5 Å². The molecule has 0 aliphatic carbocycles. The number of nitrogens with zero attached hydrogens (tertiary/aromatic N) is 5. The maximum atomic E-state index is 13.8. The highest BCUT2D eigenvalue weighted by atomic mass is 19.1. The summed E-state index contributed by atoms with van der Waals surface area (Å²) in [5.41, 5.74) is 3.99. The Labute approximate surface area is 196 Å². The van der Waals surface area contributed by atoms with Gasteiger partial charge in [0.05, 0.1) is 29.2 Å². The molecule has 0 saturated carbocycles. The van der Waals surface area contributed by atoms with Gasteiger partial charge < -0.3 is 14.6 Å². The van der Waals surface area contributed by atoms with Gasteiger partial charge in [0, 0.05) is 19.2 Å². The molecule has 5 rings (SSSR count). The SMILES string of the molecule is Cc1ccc(-n2ncc(C)n2)c(C(=O)N2CCC[C@@H](C)C2CNc2nc3cc(F)ccc3o2)c1. The van der Waals surface area contributed by atoms with Gasteiger partial charge in [0.2, 0.25) is 0 Å². The highest BCUT2D eigenvalue weighted by Gasteiger charge is 2.34. The van der Waals surface area contributed by atoms with Gasteiger partial charge in [0.15, 0.2) is 5.58 Å². The van der Waals surface area contributed by atoms with Crippen molar-refractivity contribution in [2.24, 2.45) is 5.92 Å². The first-order valence-electron chi connectivity index (χ1n) is 11.5. The Morgan fingerprint density at radius 2 is 2.09 bits per heavy atom. The van der Waals surface area contributed by atoms with Crippen molar-refractivity contribution in [3.8, 4) is 5.69 Å². The lowest BCUT2D eigenvalue weighted by atomic mass is 9.90. The minimum atomic E-state index is -0.360. The molecule has 34 heavy (non-hydrogen) atoms. The summed E-state index contributed by atoms with van der Waals surface area (Å²) in [6.45, 7) is 7.13. The number of carbonyl (C=O) groups excluding carboxylic acids is 1. The van der Waals surface area contributed by atoms with E-state index in [4.69, 9.17) is 4.42 Å². The Morgan fingerprint density at radius 1 is 1.24 bits per heavy atom.